The quantitative estimate of drug-likeness (QED) is 0.0313. The lowest BCUT2D eigenvalue weighted by molar-refractivity contribution is -0.118. The van der Waals surface area contributed by atoms with Crippen molar-refractivity contribution < 1.29 is 53.3 Å². The Labute approximate surface area is 582 Å². The maximum Gasteiger partial charge on any atom is 0.376 e. The van der Waals surface area contributed by atoms with Crippen LogP contribution in [0.2, 0.25) is 13.6 Å². The summed E-state index contributed by atoms with van der Waals surface area (Å²) in [4.78, 5) is 130. The molecule has 9 amide bonds. The standard InChI is InChI=1S/C18H25BN6O4.C16H23BN6O3.C9H12BN4O2.C9H11IN2O2.C8H4N4O2/c1-3-8-29-25-15-9-14(11-22(12-15)18(25)27)24-7-5-16(21-24)17(26)20-13-4-6-23(10-13)19(2)28;1-17(26)22-5-3-11(8-22)18-15(24)14-4-6-23(19-14)13-7-12-9-21(10-13)16(25)20(12)2;15-6-10-14-4-2-7(5-14)12-9(16)8-1-3-11-13-8;1-2-3-14-12-8-4-7(10)5-11(6-8)9(12)13;13-7-5-1-3-9-11(5)8(14)6-2-4-10-12(6)7/h3,5,7,9,13,15,28H,1,4,6,8,10-12H2,2H3,(H,20,26);4,6-7,11-12,26H,3,5,8-10H2,1-2H3,(H,18,24);1,6-7H,2-5H2,(H,12,16);2,4,8H,1,3,5-6H2;1-4H/t13-,15?;11-,12?;7-;;/m111../s1. The fourth-order valence-electron chi connectivity index (χ4n) is 12.7. The number of carbonyl (C=O) groups is 7. The van der Waals surface area contributed by atoms with Gasteiger partial charge in [-0.15, -0.1) is 13.2 Å². The molecule has 5 aromatic rings. The summed E-state index contributed by atoms with van der Waals surface area (Å²) in [7, 11) is 2.28. The van der Waals surface area contributed by atoms with Crippen LogP contribution in [0.1, 0.15) is 40.2 Å². The summed E-state index contributed by atoms with van der Waals surface area (Å²) in [6, 6.07) is 6.16. The number of urea groups is 3. The van der Waals surface area contributed by atoms with Crippen LogP contribution in [0, 0.1) is 0 Å². The van der Waals surface area contributed by atoms with Crippen LogP contribution in [0.5, 0.6) is 0 Å². The minimum Gasteiger partial charge on any atom is -0.437 e. The van der Waals surface area contributed by atoms with Gasteiger partial charge in [-0.2, -0.15) is 49.8 Å². The van der Waals surface area contributed by atoms with E-state index in [2.05, 4.69) is 88.4 Å². The van der Waals surface area contributed by atoms with Gasteiger partial charge in [-0.25, -0.2) is 23.7 Å². The molecule has 15 rings (SSSR count). The molecule has 5 aromatic heterocycles. The van der Waals surface area contributed by atoms with Crippen molar-refractivity contribution in [2.24, 2.45) is 10.2 Å². The molecule has 6 saturated heterocycles. The van der Waals surface area contributed by atoms with E-state index < -0.39 is 14.1 Å². The third-order valence-electron chi connectivity index (χ3n) is 17.8. The number of aromatic nitrogens is 8. The summed E-state index contributed by atoms with van der Waals surface area (Å²) in [5, 5.41) is 54.7. The van der Waals surface area contributed by atoms with E-state index in [-0.39, 0.29) is 101 Å². The summed E-state index contributed by atoms with van der Waals surface area (Å²) < 4.78 is 6.67. The van der Waals surface area contributed by atoms with Crippen molar-refractivity contribution >= 4 is 109 Å². The van der Waals surface area contributed by atoms with Crippen molar-refractivity contribution in [1.29, 1.82) is 0 Å². The van der Waals surface area contributed by atoms with Gasteiger partial charge in [-0.1, -0.05) is 12.2 Å². The Hall–Kier alpha value is -9.25. The van der Waals surface area contributed by atoms with Gasteiger partial charge in [-0.3, -0.25) is 33.6 Å². The zero-order valence-electron chi connectivity index (χ0n) is 54.8. The highest BCUT2D eigenvalue weighted by Crippen LogP contribution is 2.29. The van der Waals surface area contributed by atoms with E-state index in [0.717, 1.165) is 72.1 Å². The molecule has 1 radical (unpaired) electrons. The Balaban J connectivity index is 0.000000129. The normalized spacial score (nSPS) is 22.9. The Morgan fingerprint density at radius 2 is 1.12 bits per heavy atom. The Kier molecular flexibility index (Phi) is 22.8. The van der Waals surface area contributed by atoms with Crippen LogP contribution in [0.4, 0.5) is 14.4 Å². The molecule has 0 saturated carbocycles. The molecular formula is C60H75B3IN22O13. The number of hydroxylamine groups is 4. The van der Waals surface area contributed by atoms with E-state index in [0.29, 0.717) is 82.6 Å². The molecule has 6 bridgehead atoms. The third kappa shape index (κ3) is 16.4. The lowest BCUT2D eigenvalue weighted by Gasteiger charge is -2.21. The van der Waals surface area contributed by atoms with Crippen molar-refractivity contribution in [2.45, 2.75) is 69.2 Å². The maximum absolute atomic E-state index is 12.5. The largest absolute Gasteiger partial charge is 0.437 e. The summed E-state index contributed by atoms with van der Waals surface area (Å²) in [5.74, 6) is -0.638. The first kappa shape index (κ1) is 71.1. The molecule has 0 spiro atoms. The predicted octanol–water partition coefficient (Wildman–Crippen LogP) is -0.717. The van der Waals surface area contributed by atoms with Gasteiger partial charge in [0.2, 0.25) is 0 Å². The zero-order chi connectivity index (χ0) is 70.2. The number of fused-ring (bicyclic) bond motifs is 8. The predicted molar refractivity (Wildman–Crippen MR) is 370 cm³/mol. The molecular weight excluding hydrogens is 1400 g/mol. The molecule has 10 aliphatic heterocycles. The smallest absolute Gasteiger partial charge is 0.376 e. The van der Waals surface area contributed by atoms with Crippen LogP contribution >= 0.6 is 22.6 Å². The highest BCUT2D eigenvalue weighted by molar-refractivity contribution is 14.1. The second-order valence-corrected chi connectivity index (χ2v) is 26.0. The topological polar surface area (TPSA) is 373 Å². The van der Waals surface area contributed by atoms with E-state index in [9.17, 15) is 53.2 Å². The fraction of sp³-hybridized carbons (Fsp3) is 0.450. The molecule has 0 aromatic carbocycles. The number of azo groups is 1. The number of amides is 9. The number of hydrogen-bond donors (Lipinski definition) is 5. The highest BCUT2D eigenvalue weighted by Gasteiger charge is 2.43. The number of nitrogens with zero attached hydrogens (tertiary/aromatic N) is 19. The molecule has 0 aliphatic carbocycles. The average molecular weight is 1470 g/mol. The highest BCUT2D eigenvalue weighted by atomic mass is 127. The number of nitrogens with one attached hydrogen (secondary N) is 3. The van der Waals surface area contributed by atoms with Gasteiger partial charge in [0, 0.05) is 80.4 Å². The Morgan fingerprint density at radius 3 is 1.61 bits per heavy atom. The minimum absolute atomic E-state index is 0.00806. The van der Waals surface area contributed by atoms with E-state index >= 15 is 0 Å². The second kappa shape index (κ2) is 31.7. The molecule has 519 valence electrons. The van der Waals surface area contributed by atoms with E-state index in [4.69, 9.17) is 9.68 Å². The van der Waals surface area contributed by atoms with Gasteiger partial charge >= 0.3 is 32.2 Å². The first-order valence-corrected chi connectivity index (χ1v) is 33.4. The maximum atomic E-state index is 12.5. The van der Waals surface area contributed by atoms with Crippen LogP contribution < -0.4 is 27.1 Å². The summed E-state index contributed by atoms with van der Waals surface area (Å²) >= 11 is 2.25. The molecule has 6 fully saturated rings. The van der Waals surface area contributed by atoms with Gasteiger partial charge in [0.15, 0.2) is 11.4 Å². The van der Waals surface area contributed by atoms with Crippen LogP contribution in [-0.4, -0.2) is 298 Å². The molecule has 10 aliphatic rings. The van der Waals surface area contributed by atoms with Crippen molar-refractivity contribution in [2.75, 3.05) is 105 Å². The van der Waals surface area contributed by atoms with Gasteiger partial charge < -0.3 is 64.8 Å². The van der Waals surface area contributed by atoms with E-state index in [1.165, 1.54) is 45.6 Å². The van der Waals surface area contributed by atoms with Gasteiger partial charge in [0.05, 0.1) is 87.5 Å². The van der Waals surface area contributed by atoms with E-state index in [1.807, 2.05) is 26.6 Å². The zero-order valence-corrected chi connectivity index (χ0v) is 56.9. The number of halogens is 1. The molecule has 6 atom stereocenters. The third-order valence-corrected chi connectivity index (χ3v) is 18.5. The Bertz CT molecular complexity index is 4040. The SMILES string of the molecule is C=CCON1C(=O)N2CC(I)=CC1C2.C=CCON1C(=O)N2CC(n3ccc(C(=O)N[C@@H]4CCN(B(C)O)C4)n3)=CC1C2.CB(O)N1CC[C@@H](NC(=O)c2ccn(C3=CC4CN(C3)C(=O)N4C)n2)C1.O=C[B]N1CC[C@@H](NC(=O)C2=CCN=N2)C1.O=c1c2ccnn2c(=O)c2ccnn12. The van der Waals surface area contributed by atoms with Crippen molar-refractivity contribution in [3.63, 3.8) is 0 Å². The summed E-state index contributed by atoms with van der Waals surface area (Å²) in [6.45, 7) is 19.6. The van der Waals surface area contributed by atoms with Crippen LogP contribution in [0.15, 0.2) is 128 Å². The van der Waals surface area contributed by atoms with Crippen molar-refractivity contribution in [3.8, 4) is 0 Å². The van der Waals surface area contributed by atoms with Gasteiger partial charge in [0.25, 0.3) is 36.3 Å². The fourth-order valence-corrected chi connectivity index (χ4v) is 13.5. The monoisotopic (exact) mass is 1470 g/mol. The first-order valence-electron chi connectivity index (χ1n) is 32.3. The molecule has 99 heavy (non-hydrogen) atoms. The van der Waals surface area contributed by atoms with Crippen molar-refractivity contribution in [1.82, 2.24) is 98.9 Å². The first-order chi connectivity index (χ1) is 47.7. The summed E-state index contributed by atoms with van der Waals surface area (Å²) in [6.07, 6.45) is 20.5. The van der Waals surface area contributed by atoms with E-state index in [1.54, 1.807) is 92.4 Å². The Morgan fingerprint density at radius 1 is 0.646 bits per heavy atom. The van der Waals surface area contributed by atoms with Crippen LogP contribution in [0.25, 0.3) is 22.4 Å². The summed E-state index contributed by atoms with van der Waals surface area (Å²) in [5.41, 5.74) is 2.60. The molecule has 35 nitrogen and oxygen atoms in total. The molecule has 15 heterocycles. The number of carbonyl (C=O) groups excluding carboxylic acids is 7. The number of rotatable bonds is 18. The minimum atomic E-state index is -0.516. The average Bonchev–Trinajstić information content (AvgIpc) is 1.66. The van der Waals surface area contributed by atoms with Crippen LogP contribution in [-0.2, 0) is 19.3 Å². The van der Waals surface area contributed by atoms with Gasteiger partial charge in [0.1, 0.15) is 16.7 Å². The number of likely N-dealkylation sites (N-methyl/N-ethyl adjacent to an activating group) is 1. The van der Waals surface area contributed by atoms with Crippen LogP contribution in [0.3, 0.4) is 0 Å². The lowest BCUT2D eigenvalue weighted by Crippen LogP contribution is -2.41. The van der Waals surface area contributed by atoms with Gasteiger partial charge in [-0.05, 0) is 124 Å². The lowest BCUT2D eigenvalue weighted by atomic mass is 9.86. The van der Waals surface area contributed by atoms with Crippen molar-refractivity contribution in [3.05, 3.63) is 140 Å². The molecule has 5 N–H and O–H groups in total. The second-order valence-electron chi connectivity index (χ2n) is 24.6. The number of hydrogen-bond acceptors (Lipinski definition) is 22. The molecule has 3 unspecified atom stereocenters. The molecule has 39 heteroatoms.